The number of hydrogen-bond donors (Lipinski definition) is 1. The van der Waals surface area contributed by atoms with Gasteiger partial charge in [-0.1, -0.05) is 0 Å². The van der Waals surface area contributed by atoms with Crippen molar-refractivity contribution in [2.75, 3.05) is 14.2 Å². The minimum atomic E-state index is -0.436. The first kappa shape index (κ1) is 15.0. The number of rotatable bonds is 6. The number of benzene rings is 1. The van der Waals surface area contributed by atoms with E-state index in [0.29, 0.717) is 11.3 Å². The number of methoxy groups -OCH3 is 2. The fourth-order valence-corrected chi connectivity index (χ4v) is 2.01. The SMILES string of the molecule is COc1cc(C(C)=O)ccc1SNC(C)(C)OC. The summed E-state index contributed by atoms with van der Waals surface area (Å²) in [6, 6.07) is 5.39. The Labute approximate surface area is 112 Å². The molecule has 0 atom stereocenters. The molecule has 1 aromatic carbocycles. The molecule has 0 fully saturated rings. The van der Waals surface area contributed by atoms with Crippen LogP contribution in [0.25, 0.3) is 0 Å². The zero-order chi connectivity index (χ0) is 13.8. The van der Waals surface area contributed by atoms with Gasteiger partial charge in [0.05, 0.1) is 12.0 Å². The van der Waals surface area contributed by atoms with Gasteiger partial charge in [0.15, 0.2) is 5.78 Å². The molecule has 0 aliphatic rings. The van der Waals surface area contributed by atoms with E-state index in [-0.39, 0.29) is 5.78 Å². The molecule has 1 N–H and O–H groups in total. The Balaban J connectivity index is 2.86. The van der Waals surface area contributed by atoms with Crippen LogP contribution < -0.4 is 9.46 Å². The lowest BCUT2D eigenvalue weighted by molar-refractivity contribution is 0.0155. The lowest BCUT2D eigenvalue weighted by Gasteiger charge is -2.24. The van der Waals surface area contributed by atoms with Crippen molar-refractivity contribution in [2.24, 2.45) is 0 Å². The Morgan fingerprint density at radius 2 is 2.00 bits per heavy atom. The van der Waals surface area contributed by atoms with Crippen LogP contribution in [-0.4, -0.2) is 25.7 Å². The minimum Gasteiger partial charge on any atom is -0.496 e. The molecule has 0 aliphatic carbocycles. The molecule has 0 heterocycles. The summed E-state index contributed by atoms with van der Waals surface area (Å²) in [7, 11) is 3.23. The largest absolute Gasteiger partial charge is 0.496 e. The zero-order valence-corrected chi connectivity index (χ0v) is 12.2. The molecular formula is C13H19NO3S. The van der Waals surface area contributed by atoms with E-state index in [2.05, 4.69) is 4.72 Å². The summed E-state index contributed by atoms with van der Waals surface area (Å²) in [6.45, 7) is 5.39. The molecule has 0 saturated carbocycles. The molecule has 1 aromatic rings. The second-order valence-corrected chi connectivity index (χ2v) is 5.19. The minimum absolute atomic E-state index is 0.0232. The van der Waals surface area contributed by atoms with Crippen molar-refractivity contribution < 1.29 is 14.3 Å². The highest BCUT2D eigenvalue weighted by Crippen LogP contribution is 2.30. The Morgan fingerprint density at radius 1 is 1.33 bits per heavy atom. The number of nitrogens with one attached hydrogen (secondary N) is 1. The first-order valence-electron chi connectivity index (χ1n) is 5.58. The van der Waals surface area contributed by atoms with E-state index in [1.807, 2.05) is 19.9 Å². The van der Waals surface area contributed by atoms with Crippen molar-refractivity contribution in [3.63, 3.8) is 0 Å². The number of carbonyl (C=O) groups is 1. The second-order valence-electron chi connectivity index (χ2n) is 4.34. The number of ketones is 1. The Kier molecular flexibility index (Phi) is 5.19. The van der Waals surface area contributed by atoms with Gasteiger partial charge < -0.3 is 9.47 Å². The first-order valence-corrected chi connectivity index (χ1v) is 6.39. The molecule has 0 bridgehead atoms. The van der Waals surface area contributed by atoms with Gasteiger partial charge >= 0.3 is 0 Å². The third-order valence-electron chi connectivity index (χ3n) is 2.49. The summed E-state index contributed by atoms with van der Waals surface area (Å²) in [4.78, 5) is 12.2. The first-order chi connectivity index (χ1) is 8.39. The van der Waals surface area contributed by atoms with Gasteiger partial charge in [0.25, 0.3) is 0 Å². The average Bonchev–Trinajstić information content (AvgIpc) is 2.36. The van der Waals surface area contributed by atoms with E-state index in [1.54, 1.807) is 26.4 Å². The molecule has 100 valence electrons. The molecule has 0 aliphatic heterocycles. The summed E-state index contributed by atoms with van der Waals surface area (Å²) >= 11 is 1.41. The van der Waals surface area contributed by atoms with Crippen LogP contribution in [0.4, 0.5) is 0 Å². The van der Waals surface area contributed by atoms with E-state index in [1.165, 1.54) is 18.9 Å². The lowest BCUT2D eigenvalue weighted by atomic mass is 10.1. The van der Waals surface area contributed by atoms with Crippen LogP contribution in [0, 0.1) is 0 Å². The van der Waals surface area contributed by atoms with Gasteiger partial charge in [0.2, 0.25) is 0 Å². The number of ether oxygens (including phenoxy) is 2. The molecular weight excluding hydrogens is 250 g/mol. The van der Waals surface area contributed by atoms with Crippen LogP contribution in [0.1, 0.15) is 31.1 Å². The van der Waals surface area contributed by atoms with Crippen molar-refractivity contribution in [2.45, 2.75) is 31.4 Å². The van der Waals surface area contributed by atoms with Crippen LogP contribution in [0.2, 0.25) is 0 Å². The van der Waals surface area contributed by atoms with E-state index < -0.39 is 5.72 Å². The third kappa shape index (κ3) is 4.01. The molecule has 1 rings (SSSR count). The van der Waals surface area contributed by atoms with E-state index >= 15 is 0 Å². The monoisotopic (exact) mass is 269 g/mol. The summed E-state index contributed by atoms with van der Waals surface area (Å²) in [6.07, 6.45) is 0. The molecule has 0 unspecified atom stereocenters. The molecule has 18 heavy (non-hydrogen) atoms. The van der Waals surface area contributed by atoms with Gasteiger partial charge in [-0.3, -0.25) is 4.79 Å². The van der Waals surface area contributed by atoms with Crippen LogP contribution in [0.3, 0.4) is 0 Å². The van der Waals surface area contributed by atoms with Crippen LogP contribution in [0.5, 0.6) is 5.75 Å². The fourth-order valence-electron chi connectivity index (χ4n) is 1.19. The van der Waals surface area contributed by atoms with Crippen LogP contribution in [0.15, 0.2) is 23.1 Å². The van der Waals surface area contributed by atoms with E-state index in [9.17, 15) is 4.79 Å². The Morgan fingerprint density at radius 3 is 2.50 bits per heavy atom. The topological polar surface area (TPSA) is 47.6 Å². The van der Waals surface area contributed by atoms with Crippen molar-refractivity contribution in [1.29, 1.82) is 0 Å². The van der Waals surface area contributed by atoms with Crippen molar-refractivity contribution >= 4 is 17.7 Å². The van der Waals surface area contributed by atoms with Gasteiger partial charge in [-0.05, 0) is 50.9 Å². The highest BCUT2D eigenvalue weighted by molar-refractivity contribution is 7.97. The molecule has 0 amide bonds. The van der Waals surface area contributed by atoms with E-state index in [4.69, 9.17) is 9.47 Å². The van der Waals surface area contributed by atoms with Gasteiger partial charge in [-0.2, -0.15) is 0 Å². The van der Waals surface area contributed by atoms with Gasteiger partial charge in [-0.25, -0.2) is 4.72 Å². The number of hydrogen-bond acceptors (Lipinski definition) is 5. The quantitative estimate of drug-likeness (QED) is 0.489. The number of Topliss-reactive ketones (excluding diaryl/α,β-unsaturated/α-hetero) is 1. The lowest BCUT2D eigenvalue weighted by Crippen LogP contribution is -2.36. The summed E-state index contributed by atoms with van der Waals surface area (Å²) in [5.41, 5.74) is 0.205. The number of carbonyl (C=O) groups excluding carboxylic acids is 1. The van der Waals surface area contributed by atoms with Gasteiger partial charge in [0.1, 0.15) is 11.5 Å². The highest BCUT2D eigenvalue weighted by atomic mass is 32.2. The molecule has 0 aromatic heterocycles. The smallest absolute Gasteiger partial charge is 0.159 e. The summed E-state index contributed by atoms with van der Waals surface area (Å²) in [5.74, 6) is 0.696. The maximum Gasteiger partial charge on any atom is 0.159 e. The summed E-state index contributed by atoms with van der Waals surface area (Å²) < 4.78 is 13.7. The molecule has 0 saturated heterocycles. The predicted molar refractivity (Wildman–Crippen MR) is 73.1 cm³/mol. The van der Waals surface area contributed by atoms with Crippen LogP contribution >= 0.6 is 11.9 Å². The van der Waals surface area contributed by atoms with Crippen molar-refractivity contribution in [3.8, 4) is 5.75 Å². The van der Waals surface area contributed by atoms with Crippen molar-refractivity contribution in [3.05, 3.63) is 23.8 Å². The van der Waals surface area contributed by atoms with Gasteiger partial charge in [0, 0.05) is 12.7 Å². The average molecular weight is 269 g/mol. The standard InChI is InChI=1S/C13H19NO3S/c1-9(15)10-6-7-12(11(8-10)16-4)18-14-13(2,3)17-5/h6-8,14H,1-5H3. The fraction of sp³-hybridized carbons (Fsp3) is 0.462. The van der Waals surface area contributed by atoms with E-state index in [0.717, 1.165) is 4.90 Å². The predicted octanol–water partition coefficient (Wildman–Crippen LogP) is 2.88. The zero-order valence-electron chi connectivity index (χ0n) is 11.4. The molecule has 0 spiro atoms. The second kappa shape index (κ2) is 6.22. The highest BCUT2D eigenvalue weighted by Gasteiger charge is 2.17. The Bertz CT molecular complexity index is 432. The maximum atomic E-state index is 11.3. The summed E-state index contributed by atoms with van der Waals surface area (Å²) in [5, 5.41) is 0. The third-order valence-corrected chi connectivity index (χ3v) is 3.64. The Hall–Kier alpha value is -1.04. The maximum absolute atomic E-state index is 11.3. The normalized spacial score (nSPS) is 11.4. The molecule has 5 heteroatoms. The van der Waals surface area contributed by atoms with Crippen LogP contribution in [-0.2, 0) is 4.74 Å². The molecule has 0 radical (unpaired) electrons. The van der Waals surface area contributed by atoms with Gasteiger partial charge in [-0.15, -0.1) is 0 Å². The van der Waals surface area contributed by atoms with Crippen molar-refractivity contribution in [1.82, 2.24) is 4.72 Å². The molecule has 4 nitrogen and oxygen atoms in total.